The number of likely N-dealkylation sites (tertiary alicyclic amines) is 1. The fourth-order valence-electron chi connectivity index (χ4n) is 3.91. The van der Waals surface area contributed by atoms with E-state index in [0.717, 1.165) is 6.54 Å². The summed E-state index contributed by atoms with van der Waals surface area (Å²) >= 11 is 0. The van der Waals surface area contributed by atoms with Crippen LogP contribution >= 0.6 is 0 Å². The van der Waals surface area contributed by atoms with Gasteiger partial charge in [0.1, 0.15) is 0 Å². The smallest absolute Gasteiger partial charge is 0.370 e. The molecule has 0 radical (unpaired) electrons. The minimum atomic E-state index is -4.47. The zero-order valence-corrected chi connectivity index (χ0v) is 19.7. The second-order valence-corrected chi connectivity index (χ2v) is 9.39. The lowest BCUT2D eigenvalue weighted by Gasteiger charge is -2.42. The molecule has 0 bridgehead atoms. The molecule has 4 rings (SSSR count). The molecule has 0 aliphatic carbocycles. The van der Waals surface area contributed by atoms with Crippen LogP contribution in [0.1, 0.15) is 38.8 Å². The zero-order chi connectivity index (χ0) is 24.5. The Kier molecular flexibility index (Phi) is 6.64. The van der Waals surface area contributed by atoms with E-state index in [1.807, 2.05) is 32.6 Å². The number of nitrogens with one attached hydrogen (secondary N) is 1. The predicted molar refractivity (Wildman–Crippen MR) is 124 cm³/mol. The standard InChI is InChI=1S/C24H29F3N6O/c1-5-33-13-18(11-29-33)30-22-28-9-8-21(31-22)16-6-7-17(20(10-16)24(25,26)27)12-32-14-19(15-32)34-23(2,3)4/h6-11,13,19H,5,12,14-15H2,1-4H3,(H,28,30,31). The van der Waals surface area contributed by atoms with Crippen LogP contribution in [0.4, 0.5) is 24.8 Å². The van der Waals surface area contributed by atoms with Crippen molar-refractivity contribution >= 4 is 11.6 Å². The average Bonchev–Trinajstić information content (AvgIpc) is 3.18. The van der Waals surface area contributed by atoms with Gasteiger partial charge in [0.25, 0.3) is 0 Å². The van der Waals surface area contributed by atoms with Crippen LogP contribution in [0, 0.1) is 0 Å². The maximum absolute atomic E-state index is 13.9. The minimum absolute atomic E-state index is 0.0463. The van der Waals surface area contributed by atoms with Crippen molar-refractivity contribution in [3.63, 3.8) is 0 Å². The molecule has 1 N–H and O–H groups in total. The van der Waals surface area contributed by atoms with Crippen molar-refractivity contribution in [3.8, 4) is 11.3 Å². The molecule has 0 amide bonds. The van der Waals surface area contributed by atoms with E-state index in [-0.39, 0.29) is 29.8 Å². The Hall–Kier alpha value is -2.98. The first-order valence-electron chi connectivity index (χ1n) is 11.2. The van der Waals surface area contributed by atoms with E-state index in [2.05, 4.69) is 20.4 Å². The van der Waals surface area contributed by atoms with Crippen molar-refractivity contribution in [2.24, 2.45) is 0 Å². The summed E-state index contributed by atoms with van der Waals surface area (Å²) in [6, 6.07) is 5.98. The van der Waals surface area contributed by atoms with Crippen molar-refractivity contribution in [2.75, 3.05) is 18.4 Å². The molecule has 0 spiro atoms. The maximum atomic E-state index is 13.9. The average molecular weight is 475 g/mol. The van der Waals surface area contributed by atoms with Gasteiger partial charge in [0.15, 0.2) is 0 Å². The fraction of sp³-hybridized carbons (Fsp3) is 0.458. The third-order valence-corrected chi connectivity index (χ3v) is 5.42. The summed E-state index contributed by atoms with van der Waals surface area (Å²) in [6.45, 7) is 10.1. The van der Waals surface area contributed by atoms with Gasteiger partial charge in [0, 0.05) is 44.1 Å². The Balaban J connectivity index is 1.51. The van der Waals surface area contributed by atoms with Gasteiger partial charge in [-0.15, -0.1) is 0 Å². The highest BCUT2D eigenvalue weighted by Crippen LogP contribution is 2.36. The third-order valence-electron chi connectivity index (χ3n) is 5.42. The monoisotopic (exact) mass is 474 g/mol. The number of halogens is 3. The van der Waals surface area contributed by atoms with Gasteiger partial charge in [-0.25, -0.2) is 9.97 Å². The second kappa shape index (κ2) is 9.34. The summed E-state index contributed by atoms with van der Waals surface area (Å²) in [5.74, 6) is 0.288. The Morgan fingerprint density at radius 3 is 2.56 bits per heavy atom. The number of alkyl halides is 3. The molecular formula is C24H29F3N6O. The molecule has 0 atom stereocenters. The van der Waals surface area contributed by atoms with Crippen LogP contribution in [0.3, 0.4) is 0 Å². The lowest BCUT2D eigenvalue weighted by molar-refractivity contribution is -0.140. The van der Waals surface area contributed by atoms with Crippen LogP contribution in [-0.2, 0) is 24.0 Å². The number of aromatic nitrogens is 4. The lowest BCUT2D eigenvalue weighted by Crippen LogP contribution is -2.53. The van der Waals surface area contributed by atoms with Gasteiger partial charge in [-0.3, -0.25) is 9.58 Å². The molecule has 1 aliphatic rings. The molecule has 1 saturated heterocycles. The van der Waals surface area contributed by atoms with Crippen molar-refractivity contribution < 1.29 is 17.9 Å². The van der Waals surface area contributed by atoms with Crippen molar-refractivity contribution in [3.05, 3.63) is 54.0 Å². The molecule has 182 valence electrons. The van der Waals surface area contributed by atoms with E-state index in [9.17, 15) is 13.2 Å². The Morgan fingerprint density at radius 2 is 1.91 bits per heavy atom. The largest absolute Gasteiger partial charge is 0.416 e. The fourth-order valence-corrected chi connectivity index (χ4v) is 3.91. The van der Waals surface area contributed by atoms with E-state index < -0.39 is 11.7 Å². The normalized spacial score (nSPS) is 15.4. The first-order chi connectivity index (χ1) is 16.0. The molecule has 34 heavy (non-hydrogen) atoms. The molecule has 3 aromatic rings. The van der Waals surface area contributed by atoms with Gasteiger partial charge in [-0.05, 0) is 45.4 Å². The van der Waals surface area contributed by atoms with Gasteiger partial charge in [0.2, 0.25) is 5.95 Å². The van der Waals surface area contributed by atoms with Crippen LogP contribution < -0.4 is 5.32 Å². The van der Waals surface area contributed by atoms with Crippen LogP contribution in [-0.4, -0.2) is 49.4 Å². The number of hydrogen-bond acceptors (Lipinski definition) is 6. The number of hydrogen-bond donors (Lipinski definition) is 1. The number of anilines is 2. The summed E-state index contributed by atoms with van der Waals surface area (Å²) in [6.07, 6.45) is 0.541. The topological polar surface area (TPSA) is 68.1 Å². The Labute approximate surface area is 197 Å². The summed E-state index contributed by atoms with van der Waals surface area (Å²) in [5, 5.41) is 7.22. The first-order valence-corrected chi connectivity index (χ1v) is 11.2. The maximum Gasteiger partial charge on any atom is 0.416 e. The lowest BCUT2D eigenvalue weighted by atomic mass is 9.99. The minimum Gasteiger partial charge on any atom is -0.370 e. The van der Waals surface area contributed by atoms with Crippen LogP contribution in [0.15, 0.2) is 42.9 Å². The summed E-state index contributed by atoms with van der Waals surface area (Å²) in [7, 11) is 0. The Morgan fingerprint density at radius 1 is 1.15 bits per heavy atom. The highest BCUT2D eigenvalue weighted by atomic mass is 19.4. The van der Waals surface area contributed by atoms with E-state index in [1.165, 1.54) is 18.3 Å². The van der Waals surface area contributed by atoms with Crippen LogP contribution in [0.5, 0.6) is 0 Å². The SMILES string of the molecule is CCn1cc(Nc2nccc(-c3ccc(CN4CC(OC(C)(C)C)C4)c(C(F)(F)F)c3)n2)cn1. The third kappa shape index (κ3) is 5.92. The van der Waals surface area contributed by atoms with Gasteiger partial charge < -0.3 is 10.1 Å². The summed E-state index contributed by atoms with van der Waals surface area (Å²) < 4.78 is 49.4. The van der Waals surface area contributed by atoms with Gasteiger partial charge in [-0.1, -0.05) is 12.1 Å². The first kappa shape index (κ1) is 24.2. The van der Waals surface area contributed by atoms with E-state index >= 15 is 0 Å². The number of benzene rings is 1. The molecule has 7 nitrogen and oxygen atoms in total. The number of ether oxygens (including phenoxy) is 1. The van der Waals surface area contributed by atoms with Crippen molar-refractivity contribution in [2.45, 2.75) is 58.7 Å². The number of rotatable bonds is 7. The van der Waals surface area contributed by atoms with Crippen LogP contribution in [0.25, 0.3) is 11.3 Å². The highest BCUT2D eigenvalue weighted by Gasteiger charge is 2.36. The van der Waals surface area contributed by atoms with Gasteiger partial charge >= 0.3 is 6.18 Å². The molecule has 1 fully saturated rings. The summed E-state index contributed by atoms with van der Waals surface area (Å²) in [4.78, 5) is 10.5. The molecule has 0 saturated carbocycles. The number of nitrogens with zero attached hydrogens (tertiary/aromatic N) is 5. The molecule has 3 heterocycles. The molecular weight excluding hydrogens is 445 g/mol. The van der Waals surface area contributed by atoms with E-state index in [4.69, 9.17) is 4.74 Å². The highest BCUT2D eigenvalue weighted by molar-refractivity contribution is 5.63. The van der Waals surface area contributed by atoms with Gasteiger partial charge in [0.05, 0.1) is 34.8 Å². The second-order valence-electron chi connectivity index (χ2n) is 9.39. The molecule has 1 aromatic carbocycles. The Bertz CT molecular complexity index is 1130. The molecule has 0 unspecified atom stereocenters. The van der Waals surface area contributed by atoms with E-state index in [0.29, 0.717) is 30.0 Å². The van der Waals surface area contributed by atoms with E-state index in [1.54, 1.807) is 29.2 Å². The number of aryl methyl sites for hydroxylation is 1. The van der Waals surface area contributed by atoms with Crippen molar-refractivity contribution in [1.82, 2.24) is 24.6 Å². The van der Waals surface area contributed by atoms with Gasteiger partial charge in [-0.2, -0.15) is 18.3 Å². The quantitative estimate of drug-likeness (QED) is 0.513. The van der Waals surface area contributed by atoms with Crippen LogP contribution in [0.2, 0.25) is 0 Å². The molecule has 10 heteroatoms. The summed E-state index contributed by atoms with van der Waals surface area (Å²) in [5.41, 5.74) is 0.807. The zero-order valence-electron chi connectivity index (χ0n) is 19.7. The predicted octanol–water partition coefficient (Wildman–Crippen LogP) is 5.12. The molecule has 2 aromatic heterocycles. The van der Waals surface area contributed by atoms with Crippen molar-refractivity contribution in [1.29, 1.82) is 0 Å². The molecule has 1 aliphatic heterocycles.